The van der Waals surface area contributed by atoms with Gasteiger partial charge in [0.15, 0.2) is 0 Å². The average molecular weight is 701 g/mol. The Hall–Kier alpha value is -2.20. The molecule has 2 atom stereocenters. The van der Waals surface area contributed by atoms with Gasteiger partial charge in [0.2, 0.25) is 0 Å². The normalized spacial score (nSPS) is 12.7. The van der Waals surface area contributed by atoms with Crippen LogP contribution in [-0.4, -0.2) is 72.7 Å². The number of hydrogen-bond acceptors (Lipinski definition) is 10. The Kier molecular flexibility index (Phi) is 30.3. The summed E-state index contributed by atoms with van der Waals surface area (Å²) in [5, 5.41) is 19.8. The molecule has 0 aromatic carbocycles. The van der Waals surface area contributed by atoms with Crippen LogP contribution >= 0.6 is 0 Å². The lowest BCUT2D eigenvalue weighted by Gasteiger charge is -2.28. The molecule has 0 aliphatic rings. The summed E-state index contributed by atoms with van der Waals surface area (Å²) in [6.45, 7) is 6.64. The van der Waals surface area contributed by atoms with Gasteiger partial charge in [0, 0.05) is 25.7 Å². The summed E-state index contributed by atoms with van der Waals surface area (Å²) in [5.41, 5.74) is -1.29. The van der Waals surface area contributed by atoms with Crippen molar-refractivity contribution < 1.29 is 48.3 Å². The van der Waals surface area contributed by atoms with Crippen LogP contribution in [0.5, 0.6) is 0 Å². The molecule has 288 valence electrons. The van der Waals surface area contributed by atoms with E-state index >= 15 is 0 Å². The summed E-state index contributed by atoms with van der Waals surface area (Å²) in [7, 11) is 0. The molecule has 10 heteroatoms. The summed E-state index contributed by atoms with van der Waals surface area (Å²) in [6.07, 6.45) is 20.6. The summed E-state index contributed by atoms with van der Waals surface area (Å²) < 4.78 is 21.6. The summed E-state index contributed by atoms with van der Waals surface area (Å²) in [4.78, 5) is 48.7. The van der Waals surface area contributed by atoms with E-state index in [4.69, 9.17) is 18.9 Å². The van der Waals surface area contributed by atoms with Gasteiger partial charge in [0.05, 0.1) is 30.8 Å². The Labute approximate surface area is 297 Å². The lowest BCUT2D eigenvalue weighted by molar-refractivity contribution is -0.159. The zero-order valence-electron chi connectivity index (χ0n) is 31.6. The Balaban J connectivity index is 4.05. The zero-order chi connectivity index (χ0) is 36.6. The van der Waals surface area contributed by atoms with Crippen LogP contribution in [0.25, 0.3) is 0 Å². The molecule has 0 saturated carbocycles. The minimum Gasteiger partial charge on any atom is -0.465 e. The molecule has 0 radical (unpaired) electrons. The summed E-state index contributed by atoms with van der Waals surface area (Å²) >= 11 is 0. The lowest BCUT2D eigenvalue weighted by atomic mass is 9.92. The predicted octanol–water partition coefficient (Wildman–Crippen LogP) is 8.31. The Morgan fingerprint density at radius 3 is 1.12 bits per heavy atom. The van der Waals surface area contributed by atoms with E-state index in [0.717, 1.165) is 25.7 Å². The van der Waals surface area contributed by atoms with Crippen molar-refractivity contribution >= 4 is 23.9 Å². The third-order valence-electron chi connectivity index (χ3n) is 8.87. The van der Waals surface area contributed by atoms with Gasteiger partial charge < -0.3 is 29.2 Å². The maximum absolute atomic E-state index is 12.3. The fourth-order valence-corrected chi connectivity index (χ4v) is 5.43. The molecule has 0 aromatic rings. The van der Waals surface area contributed by atoms with Crippen LogP contribution in [-0.2, 0) is 38.1 Å². The molecule has 0 heterocycles. The molecule has 10 nitrogen and oxygen atoms in total. The van der Waals surface area contributed by atoms with E-state index in [-0.39, 0.29) is 50.2 Å². The predicted molar refractivity (Wildman–Crippen MR) is 192 cm³/mol. The van der Waals surface area contributed by atoms with Gasteiger partial charge >= 0.3 is 23.9 Å². The molecule has 0 amide bonds. The van der Waals surface area contributed by atoms with Crippen LogP contribution in [0.4, 0.5) is 0 Å². The van der Waals surface area contributed by atoms with Crippen molar-refractivity contribution in [2.45, 2.75) is 194 Å². The Morgan fingerprint density at radius 1 is 0.469 bits per heavy atom. The van der Waals surface area contributed by atoms with E-state index in [1.807, 2.05) is 13.8 Å². The molecule has 0 saturated heterocycles. The molecule has 0 spiro atoms. The van der Waals surface area contributed by atoms with Crippen molar-refractivity contribution in [2.24, 2.45) is 5.41 Å². The standard InChI is InChI=1S/C39H72O10/c1-5-7-9-11-13-17-23-33(3)48-37(44)27-21-15-19-25-35(42)46-31-39(29-40,30-41)32-47-36(43)26-20-16-22-28-38(45)49-34(4)24-18-14-12-10-8-6-2/h33-34,40-41H,5-32H2,1-4H3. The van der Waals surface area contributed by atoms with Crippen LogP contribution < -0.4 is 0 Å². The van der Waals surface area contributed by atoms with Crippen molar-refractivity contribution in [3.8, 4) is 0 Å². The van der Waals surface area contributed by atoms with E-state index in [9.17, 15) is 29.4 Å². The summed E-state index contributed by atoms with van der Waals surface area (Å²) in [6, 6.07) is 0. The third kappa shape index (κ3) is 28.2. The maximum Gasteiger partial charge on any atom is 0.306 e. The highest BCUT2D eigenvalue weighted by Crippen LogP contribution is 2.19. The van der Waals surface area contributed by atoms with Crippen LogP contribution in [0.2, 0.25) is 0 Å². The van der Waals surface area contributed by atoms with Gasteiger partial charge in [-0.05, 0) is 65.2 Å². The first-order chi connectivity index (χ1) is 23.6. The number of ether oxygens (including phenoxy) is 4. The Morgan fingerprint density at radius 2 is 0.776 bits per heavy atom. The van der Waals surface area contributed by atoms with Crippen LogP contribution in [0.15, 0.2) is 0 Å². The van der Waals surface area contributed by atoms with Crippen molar-refractivity contribution in [2.75, 3.05) is 26.4 Å². The molecule has 49 heavy (non-hydrogen) atoms. The molecule has 0 aromatic heterocycles. The second-order valence-corrected chi connectivity index (χ2v) is 14.0. The van der Waals surface area contributed by atoms with Crippen LogP contribution in [0.1, 0.15) is 182 Å². The SMILES string of the molecule is CCCCCCCCC(C)OC(=O)CCCCCC(=O)OCC(CO)(CO)COC(=O)CCCCCC(=O)OC(C)CCCCCCCC. The van der Waals surface area contributed by atoms with E-state index in [0.29, 0.717) is 51.4 Å². The van der Waals surface area contributed by atoms with Gasteiger partial charge in [-0.2, -0.15) is 0 Å². The van der Waals surface area contributed by atoms with Gasteiger partial charge in [-0.1, -0.05) is 90.9 Å². The monoisotopic (exact) mass is 701 g/mol. The first-order valence-electron chi connectivity index (χ1n) is 19.5. The summed E-state index contributed by atoms with van der Waals surface area (Å²) in [5.74, 6) is -1.39. The largest absolute Gasteiger partial charge is 0.465 e. The minimum absolute atomic E-state index is 0.0816. The molecular formula is C39H72O10. The van der Waals surface area contributed by atoms with Gasteiger partial charge in [-0.3, -0.25) is 19.2 Å². The van der Waals surface area contributed by atoms with E-state index < -0.39 is 30.6 Å². The molecule has 0 aliphatic heterocycles. The van der Waals surface area contributed by atoms with Gasteiger partial charge in [-0.25, -0.2) is 0 Å². The van der Waals surface area contributed by atoms with E-state index in [1.54, 1.807) is 0 Å². The molecule has 0 bridgehead atoms. The fraction of sp³-hybridized carbons (Fsp3) is 0.897. The van der Waals surface area contributed by atoms with Gasteiger partial charge in [0.1, 0.15) is 13.2 Å². The highest BCUT2D eigenvalue weighted by Gasteiger charge is 2.33. The topological polar surface area (TPSA) is 146 Å². The molecule has 2 unspecified atom stereocenters. The third-order valence-corrected chi connectivity index (χ3v) is 8.87. The first kappa shape index (κ1) is 46.8. The second-order valence-electron chi connectivity index (χ2n) is 14.0. The van der Waals surface area contributed by atoms with Gasteiger partial charge in [0.25, 0.3) is 0 Å². The van der Waals surface area contributed by atoms with Crippen LogP contribution in [0, 0.1) is 5.41 Å². The quantitative estimate of drug-likeness (QED) is 0.0382. The zero-order valence-corrected chi connectivity index (χ0v) is 31.6. The number of hydrogen-bond donors (Lipinski definition) is 2. The molecule has 2 N–H and O–H groups in total. The number of rotatable bonds is 34. The van der Waals surface area contributed by atoms with Crippen molar-refractivity contribution in [1.29, 1.82) is 0 Å². The highest BCUT2D eigenvalue weighted by molar-refractivity contribution is 5.70. The van der Waals surface area contributed by atoms with Crippen molar-refractivity contribution in [3.63, 3.8) is 0 Å². The van der Waals surface area contributed by atoms with Crippen molar-refractivity contribution in [1.82, 2.24) is 0 Å². The van der Waals surface area contributed by atoms with E-state index in [1.165, 1.54) is 64.2 Å². The number of aliphatic hydroxyl groups excluding tert-OH is 2. The number of carbonyl (C=O) groups excluding carboxylic acids is 4. The second kappa shape index (κ2) is 31.8. The van der Waals surface area contributed by atoms with Crippen LogP contribution in [0.3, 0.4) is 0 Å². The maximum atomic E-state index is 12.3. The minimum atomic E-state index is -1.29. The fourth-order valence-electron chi connectivity index (χ4n) is 5.43. The molecular weight excluding hydrogens is 628 g/mol. The van der Waals surface area contributed by atoms with Gasteiger partial charge in [-0.15, -0.1) is 0 Å². The number of unbranched alkanes of at least 4 members (excludes halogenated alkanes) is 14. The lowest BCUT2D eigenvalue weighted by Crippen LogP contribution is -2.41. The van der Waals surface area contributed by atoms with E-state index in [2.05, 4.69) is 13.8 Å². The number of carbonyl (C=O) groups is 4. The highest BCUT2D eigenvalue weighted by atomic mass is 16.6. The van der Waals surface area contributed by atoms with Crippen molar-refractivity contribution in [3.05, 3.63) is 0 Å². The first-order valence-corrected chi connectivity index (χ1v) is 19.5. The molecule has 0 rings (SSSR count). The smallest absolute Gasteiger partial charge is 0.306 e. The number of esters is 4. The molecule has 0 fully saturated rings. The average Bonchev–Trinajstić information content (AvgIpc) is 3.07. The number of aliphatic hydroxyl groups is 2. The Bertz CT molecular complexity index is 778. The molecule has 0 aliphatic carbocycles.